The third-order valence-corrected chi connectivity index (χ3v) is 3.76. The van der Waals surface area contributed by atoms with Gasteiger partial charge in [-0.15, -0.1) is 35.3 Å². The molecule has 0 saturated heterocycles. The topological polar surface area (TPSA) is 49.3 Å². The van der Waals surface area contributed by atoms with E-state index in [4.69, 9.17) is 0 Å². The number of halogens is 1. The second-order valence-electron chi connectivity index (χ2n) is 4.45. The largest absolute Gasteiger partial charge is 0.356 e. The van der Waals surface area contributed by atoms with Gasteiger partial charge < -0.3 is 10.6 Å². The highest BCUT2D eigenvalue weighted by Gasteiger charge is 2.01. The Kier molecular flexibility index (Phi) is 8.29. The molecule has 0 aliphatic rings. The van der Waals surface area contributed by atoms with Crippen LogP contribution in [0.2, 0.25) is 0 Å². The number of aliphatic imine (C=N–C) groups is 1. The van der Waals surface area contributed by atoms with Gasteiger partial charge in [0.15, 0.2) is 5.96 Å². The molecule has 2 rings (SSSR count). The molecule has 1 aromatic carbocycles. The Labute approximate surface area is 147 Å². The third-order valence-electron chi connectivity index (χ3n) is 2.85. The number of thiazole rings is 1. The van der Waals surface area contributed by atoms with Crippen LogP contribution in [0.1, 0.15) is 15.4 Å². The molecule has 2 N–H and O–H groups in total. The highest BCUT2D eigenvalue weighted by Crippen LogP contribution is 2.10. The molecule has 114 valence electrons. The van der Waals surface area contributed by atoms with E-state index in [2.05, 4.69) is 51.8 Å². The molecule has 0 aliphatic heterocycles. The number of aryl methyl sites for hydroxylation is 1. The minimum absolute atomic E-state index is 0. The van der Waals surface area contributed by atoms with Gasteiger partial charge in [-0.2, -0.15) is 0 Å². The molecule has 0 saturated carbocycles. The predicted molar refractivity (Wildman–Crippen MR) is 101 cm³/mol. The number of aromatic nitrogens is 1. The molecular formula is C15H21IN4S. The summed E-state index contributed by atoms with van der Waals surface area (Å²) in [6.07, 6.45) is 2.88. The number of nitrogens with zero attached hydrogens (tertiary/aromatic N) is 2. The SMILES string of the molecule is CN=C(NCCc1ccccc1)NCc1ncc(C)s1.I. The van der Waals surface area contributed by atoms with Crippen LogP contribution in [0, 0.1) is 6.92 Å². The van der Waals surface area contributed by atoms with Crippen molar-refractivity contribution in [1.82, 2.24) is 15.6 Å². The number of benzene rings is 1. The molecule has 6 heteroatoms. The fourth-order valence-electron chi connectivity index (χ4n) is 1.83. The zero-order valence-corrected chi connectivity index (χ0v) is 15.4. The van der Waals surface area contributed by atoms with Crippen molar-refractivity contribution in [3.05, 3.63) is 52.0 Å². The molecule has 0 unspecified atom stereocenters. The number of rotatable bonds is 5. The molecule has 0 aliphatic carbocycles. The van der Waals surface area contributed by atoms with Gasteiger partial charge >= 0.3 is 0 Å². The fourth-order valence-corrected chi connectivity index (χ4v) is 2.56. The summed E-state index contributed by atoms with van der Waals surface area (Å²) < 4.78 is 0. The standard InChI is InChI=1S/C15H20N4S.HI/c1-12-10-18-14(20-12)11-19-15(16-2)17-9-8-13-6-4-3-5-7-13;/h3-7,10H,8-9,11H2,1-2H3,(H2,16,17,19);1H. The van der Waals surface area contributed by atoms with E-state index in [9.17, 15) is 0 Å². The first-order valence-corrected chi connectivity index (χ1v) is 7.49. The van der Waals surface area contributed by atoms with E-state index in [1.807, 2.05) is 12.3 Å². The summed E-state index contributed by atoms with van der Waals surface area (Å²) in [5.41, 5.74) is 1.33. The molecule has 0 atom stereocenters. The van der Waals surface area contributed by atoms with Gasteiger partial charge in [0.1, 0.15) is 5.01 Å². The lowest BCUT2D eigenvalue weighted by Crippen LogP contribution is -2.37. The first kappa shape index (κ1) is 17.9. The van der Waals surface area contributed by atoms with E-state index in [0.29, 0.717) is 6.54 Å². The zero-order valence-electron chi connectivity index (χ0n) is 12.3. The summed E-state index contributed by atoms with van der Waals surface area (Å²) in [5, 5.41) is 7.66. The maximum atomic E-state index is 4.32. The van der Waals surface area contributed by atoms with Crippen LogP contribution in [0.4, 0.5) is 0 Å². The summed E-state index contributed by atoms with van der Waals surface area (Å²) in [4.78, 5) is 9.77. The van der Waals surface area contributed by atoms with Crippen molar-refractivity contribution < 1.29 is 0 Å². The number of hydrogen-bond acceptors (Lipinski definition) is 3. The Balaban J connectivity index is 0.00000220. The Morgan fingerprint density at radius 1 is 1.24 bits per heavy atom. The summed E-state index contributed by atoms with van der Waals surface area (Å²) in [7, 11) is 1.78. The average molecular weight is 416 g/mol. The lowest BCUT2D eigenvalue weighted by molar-refractivity contribution is 0.792. The fraction of sp³-hybridized carbons (Fsp3) is 0.333. The normalized spacial score (nSPS) is 10.9. The van der Waals surface area contributed by atoms with Crippen LogP contribution >= 0.6 is 35.3 Å². The van der Waals surface area contributed by atoms with Crippen LogP contribution in [0.25, 0.3) is 0 Å². The van der Waals surface area contributed by atoms with Gasteiger partial charge in [0.25, 0.3) is 0 Å². The van der Waals surface area contributed by atoms with Crippen LogP contribution in [0.5, 0.6) is 0 Å². The van der Waals surface area contributed by atoms with Crippen LogP contribution < -0.4 is 10.6 Å². The third kappa shape index (κ3) is 6.43. The molecule has 0 radical (unpaired) electrons. The lowest BCUT2D eigenvalue weighted by Gasteiger charge is -2.10. The number of guanidine groups is 1. The van der Waals surface area contributed by atoms with Gasteiger partial charge in [-0.1, -0.05) is 30.3 Å². The summed E-state index contributed by atoms with van der Waals surface area (Å²) in [5.74, 6) is 0.814. The van der Waals surface area contributed by atoms with Gasteiger partial charge in [0.2, 0.25) is 0 Å². The second kappa shape index (κ2) is 9.73. The first-order chi connectivity index (χ1) is 9.78. The zero-order chi connectivity index (χ0) is 14.2. The molecule has 1 aromatic heterocycles. The van der Waals surface area contributed by atoms with Crippen molar-refractivity contribution >= 4 is 41.3 Å². The van der Waals surface area contributed by atoms with Gasteiger partial charge in [-0.25, -0.2) is 4.98 Å². The van der Waals surface area contributed by atoms with E-state index in [1.54, 1.807) is 18.4 Å². The molecule has 0 fully saturated rings. The lowest BCUT2D eigenvalue weighted by atomic mass is 10.1. The monoisotopic (exact) mass is 416 g/mol. The van der Waals surface area contributed by atoms with Crippen molar-refractivity contribution in [2.45, 2.75) is 19.9 Å². The van der Waals surface area contributed by atoms with Crippen LogP contribution in [0.15, 0.2) is 41.5 Å². The van der Waals surface area contributed by atoms with Crippen molar-refractivity contribution in [1.29, 1.82) is 0 Å². The Bertz CT molecular complexity index is 554. The molecule has 0 spiro atoms. The van der Waals surface area contributed by atoms with Crippen molar-refractivity contribution in [2.75, 3.05) is 13.6 Å². The quantitative estimate of drug-likeness (QED) is 0.448. The Hall–Kier alpha value is -1.15. The van der Waals surface area contributed by atoms with E-state index < -0.39 is 0 Å². The minimum Gasteiger partial charge on any atom is -0.356 e. The molecule has 1 heterocycles. The van der Waals surface area contributed by atoms with Crippen molar-refractivity contribution in [3.8, 4) is 0 Å². The molecular weight excluding hydrogens is 395 g/mol. The van der Waals surface area contributed by atoms with Crippen molar-refractivity contribution in [3.63, 3.8) is 0 Å². The smallest absolute Gasteiger partial charge is 0.191 e. The van der Waals surface area contributed by atoms with Gasteiger partial charge in [0.05, 0.1) is 6.54 Å². The molecule has 0 amide bonds. The van der Waals surface area contributed by atoms with Crippen molar-refractivity contribution in [2.24, 2.45) is 4.99 Å². The van der Waals surface area contributed by atoms with Crippen LogP contribution in [-0.4, -0.2) is 24.5 Å². The van der Waals surface area contributed by atoms with Crippen LogP contribution in [-0.2, 0) is 13.0 Å². The summed E-state index contributed by atoms with van der Waals surface area (Å²) >= 11 is 1.70. The van der Waals surface area contributed by atoms with Gasteiger partial charge in [-0.3, -0.25) is 4.99 Å². The van der Waals surface area contributed by atoms with Gasteiger partial charge in [-0.05, 0) is 18.9 Å². The maximum absolute atomic E-state index is 4.32. The predicted octanol–water partition coefficient (Wildman–Crippen LogP) is 2.98. The number of nitrogens with one attached hydrogen (secondary N) is 2. The maximum Gasteiger partial charge on any atom is 0.191 e. The highest BCUT2D eigenvalue weighted by atomic mass is 127. The molecule has 2 aromatic rings. The second-order valence-corrected chi connectivity index (χ2v) is 5.77. The Morgan fingerprint density at radius 3 is 2.62 bits per heavy atom. The summed E-state index contributed by atoms with van der Waals surface area (Å²) in [6, 6.07) is 10.4. The first-order valence-electron chi connectivity index (χ1n) is 6.67. The van der Waals surface area contributed by atoms with E-state index in [0.717, 1.165) is 23.9 Å². The minimum atomic E-state index is 0. The molecule has 4 nitrogen and oxygen atoms in total. The highest BCUT2D eigenvalue weighted by molar-refractivity contribution is 14.0. The molecule has 0 bridgehead atoms. The van der Waals surface area contributed by atoms with E-state index >= 15 is 0 Å². The average Bonchev–Trinajstić information content (AvgIpc) is 2.89. The summed E-state index contributed by atoms with van der Waals surface area (Å²) in [6.45, 7) is 3.64. The Morgan fingerprint density at radius 2 is 2.00 bits per heavy atom. The molecule has 21 heavy (non-hydrogen) atoms. The van der Waals surface area contributed by atoms with Gasteiger partial charge in [0, 0.05) is 24.7 Å². The van der Waals surface area contributed by atoms with Crippen LogP contribution in [0.3, 0.4) is 0 Å². The number of hydrogen-bond donors (Lipinski definition) is 2. The van der Waals surface area contributed by atoms with E-state index in [-0.39, 0.29) is 24.0 Å². The van der Waals surface area contributed by atoms with E-state index in [1.165, 1.54) is 10.4 Å².